The minimum atomic E-state index is -3.14. The van der Waals surface area contributed by atoms with Gasteiger partial charge in [-0.05, 0) is 56.7 Å². The molecule has 1 fully saturated rings. The normalized spacial score (nSPS) is 20.4. The van der Waals surface area contributed by atoms with Gasteiger partial charge in [-0.15, -0.1) is 12.4 Å². The van der Waals surface area contributed by atoms with E-state index in [4.69, 9.17) is 0 Å². The van der Waals surface area contributed by atoms with Crippen LogP contribution in [0.25, 0.3) is 0 Å². The number of benzene rings is 1. The standard InChI is InChI=1S/C18H29FN2O3S.ClH/c1-18(2,11-14-6-5-9-21(13-14)25(3,23)24)20-12-17(22)15-7-4-8-16(19)10-15;/h4,7-8,10,14,17,20,22H,5-6,9,11-13H2,1-3H3;1H/t14-,17+;/m1./s1. The maximum Gasteiger partial charge on any atom is 0.211 e. The van der Waals surface area contributed by atoms with E-state index in [9.17, 15) is 17.9 Å². The summed E-state index contributed by atoms with van der Waals surface area (Å²) in [6.45, 7) is 5.56. The zero-order chi connectivity index (χ0) is 18.7. The number of aliphatic hydroxyl groups excluding tert-OH is 1. The summed E-state index contributed by atoms with van der Waals surface area (Å²) in [5.74, 6) is -0.0730. The number of piperidine rings is 1. The molecule has 8 heteroatoms. The van der Waals surface area contributed by atoms with Crippen molar-refractivity contribution in [3.05, 3.63) is 35.6 Å². The molecule has 0 aliphatic carbocycles. The third-order valence-corrected chi connectivity index (χ3v) is 6.03. The van der Waals surface area contributed by atoms with Gasteiger partial charge < -0.3 is 10.4 Å². The van der Waals surface area contributed by atoms with Crippen LogP contribution in [0.1, 0.15) is 44.8 Å². The third-order valence-electron chi connectivity index (χ3n) is 4.76. The third kappa shape index (κ3) is 7.12. The van der Waals surface area contributed by atoms with E-state index in [1.54, 1.807) is 16.4 Å². The molecule has 0 bridgehead atoms. The molecule has 0 amide bonds. The number of hydrogen-bond donors (Lipinski definition) is 2. The molecule has 2 atom stereocenters. The van der Waals surface area contributed by atoms with Gasteiger partial charge in [0.1, 0.15) is 5.82 Å². The van der Waals surface area contributed by atoms with Gasteiger partial charge in [0.2, 0.25) is 10.0 Å². The fraction of sp³-hybridized carbons (Fsp3) is 0.667. The molecule has 5 nitrogen and oxygen atoms in total. The Morgan fingerprint density at radius 1 is 1.42 bits per heavy atom. The summed E-state index contributed by atoms with van der Waals surface area (Å²) in [6, 6.07) is 5.98. The average Bonchev–Trinajstić information content (AvgIpc) is 2.52. The molecule has 2 N–H and O–H groups in total. The summed E-state index contributed by atoms with van der Waals surface area (Å²) in [5, 5.41) is 13.6. The Morgan fingerprint density at radius 3 is 2.73 bits per heavy atom. The lowest BCUT2D eigenvalue weighted by molar-refractivity contribution is 0.147. The first kappa shape index (κ1) is 23.3. The quantitative estimate of drug-likeness (QED) is 0.727. The van der Waals surface area contributed by atoms with Crippen LogP contribution in [0.4, 0.5) is 4.39 Å². The predicted octanol–water partition coefficient (Wildman–Crippen LogP) is 2.71. The lowest BCUT2D eigenvalue weighted by Gasteiger charge is -2.37. The molecule has 1 saturated heterocycles. The first-order valence-corrected chi connectivity index (χ1v) is 10.6. The summed E-state index contributed by atoms with van der Waals surface area (Å²) >= 11 is 0. The van der Waals surface area contributed by atoms with Crippen LogP contribution < -0.4 is 5.32 Å². The Bertz CT molecular complexity index is 685. The zero-order valence-corrected chi connectivity index (χ0v) is 17.2. The van der Waals surface area contributed by atoms with Gasteiger partial charge in [0.05, 0.1) is 12.4 Å². The van der Waals surface area contributed by atoms with Crippen LogP contribution in [0.5, 0.6) is 0 Å². The molecule has 26 heavy (non-hydrogen) atoms. The van der Waals surface area contributed by atoms with Gasteiger partial charge in [-0.2, -0.15) is 0 Å². The molecule has 2 rings (SSSR count). The van der Waals surface area contributed by atoms with Crippen molar-refractivity contribution in [1.82, 2.24) is 9.62 Å². The topological polar surface area (TPSA) is 69.6 Å². The Balaban J connectivity index is 0.00000338. The first-order chi connectivity index (χ1) is 11.6. The molecule has 1 aromatic rings. The maximum atomic E-state index is 13.3. The van der Waals surface area contributed by atoms with Crippen LogP contribution in [0.15, 0.2) is 24.3 Å². The number of sulfonamides is 1. The Kier molecular flexibility index (Phi) is 8.48. The second-order valence-corrected chi connectivity index (χ2v) is 9.65. The second kappa shape index (κ2) is 9.46. The number of hydrogen-bond acceptors (Lipinski definition) is 4. The molecule has 1 aromatic carbocycles. The fourth-order valence-corrected chi connectivity index (χ4v) is 4.44. The Labute approximate surface area is 162 Å². The van der Waals surface area contributed by atoms with E-state index in [0.29, 0.717) is 25.2 Å². The van der Waals surface area contributed by atoms with E-state index in [0.717, 1.165) is 19.3 Å². The number of halogens is 2. The number of aliphatic hydroxyl groups is 1. The lowest BCUT2D eigenvalue weighted by Crippen LogP contribution is -2.46. The van der Waals surface area contributed by atoms with Gasteiger partial charge in [0.25, 0.3) is 0 Å². The largest absolute Gasteiger partial charge is 0.387 e. The first-order valence-electron chi connectivity index (χ1n) is 8.70. The van der Waals surface area contributed by atoms with Crippen LogP contribution in [0.3, 0.4) is 0 Å². The fourth-order valence-electron chi connectivity index (χ4n) is 3.49. The minimum Gasteiger partial charge on any atom is -0.387 e. The van der Waals surface area contributed by atoms with Crippen molar-refractivity contribution in [2.45, 2.75) is 44.8 Å². The van der Waals surface area contributed by atoms with E-state index < -0.39 is 16.1 Å². The van der Waals surface area contributed by atoms with Gasteiger partial charge in [-0.3, -0.25) is 0 Å². The number of nitrogens with zero attached hydrogens (tertiary/aromatic N) is 1. The molecule has 0 aromatic heterocycles. The van der Waals surface area contributed by atoms with E-state index >= 15 is 0 Å². The number of rotatable bonds is 7. The second-order valence-electron chi connectivity index (χ2n) is 7.67. The van der Waals surface area contributed by atoms with Crippen LogP contribution in [-0.2, 0) is 10.0 Å². The van der Waals surface area contributed by atoms with Crippen LogP contribution in [-0.4, -0.2) is 49.3 Å². The van der Waals surface area contributed by atoms with Gasteiger partial charge in [0.15, 0.2) is 0 Å². The van der Waals surface area contributed by atoms with Crippen LogP contribution in [0, 0.1) is 11.7 Å². The molecule has 0 saturated carbocycles. The van der Waals surface area contributed by atoms with Gasteiger partial charge in [-0.1, -0.05) is 12.1 Å². The molecular weight excluding hydrogens is 379 g/mol. The highest BCUT2D eigenvalue weighted by molar-refractivity contribution is 7.88. The van der Waals surface area contributed by atoms with Crippen molar-refractivity contribution >= 4 is 22.4 Å². The highest BCUT2D eigenvalue weighted by Gasteiger charge is 2.30. The summed E-state index contributed by atoms with van der Waals surface area (Å²) in [7, 11) is -3.14. The highest BCUT2D eigenvalue weighted by atomic mass is 35.5. The maximum absolute atomic E-state index is 13.3. The van der Waals surface area contributed by atoms with E-state index in [1.807, 2.05) is 13.8 Å². The van der Waals surface area contributed by atoms with Gasteiger partial charge in [0, 0.05) is 25.2 Å². The monoisotopic (exact) mass is 408 g/mol. The number of β-amino-alcohol motifs (C(OH)–C–C–N with tert-alkyl or cyclic N) is 1. The molecular formula is C18H30ClFN2O3S. The van der Waals surface area contributed by atoms with E-state index in [-0.39, 0.29) is 29.7 Å². The SMILES string of the molecule is CC(C)(C[C@H]1CCCN(S(C)(=O)=O)C1)NC[C@H](O)c1cccc(F)c1.Cl. The van der Waals surface area contributed by atoms with Gasteiger partial charge in [-0.25, -0.2) is 17.1 Å². The Hall–Kier alpha value is -0.730. The Morgan fingerprint density at radius 2 is 2.12 bits per heavy atom. The van der Waals surface area contributed by atoms with Crippen molar-refractivity contribution in [2.24, 2.45) is 5.92 Å². The summed E-state index contributed by atoms with van der Waals surface area (Å²) in [6.07, 6.45) is 3.17. The molecule has 0 spiro atoms. The summed E-state index contributed by atoms with van der Waals surface area (Å²) < 4.78 is 38.3. The molecule has 1 aliphatic rings. The number of nitrogens with one attached hydrogen (secondary N) is 1. The predicted molar refractivity (Wildman–Crippen MR) is 104 cm³/mol. The van der Waals surface area contributed by atoms with Crippen molar-refractivity contribution < 1.29 is 17.9 Å². The van der Waals surface area contributed by atoms with Crippen LogP contribution >= 0.6 is 12.4 Å². The molecule has 0 radical (unpaired) electrons. The molecule has 1 heterocycles. The zero-order valence-electron chi connectivity index (χ0n) is 15.6. The van der Waals surface area contributed by atoms with Gasteiger partial charge >= 0.3 is 0 Å². The van der Waals surface area contributed by atoms with Crippen LogP contribution in [0.2, 0.25) is 0 Å². The molecule has 1 aliphatic heterocycles. The summed E-state index contributed by atoms with van der Waals surface area (Å²) in [4.78, 5) is 0. The lowest BCUT2D eigenvalue weighted by atomic mass is 9.86. The average molecular weight is 409 g/mol. The highest BCUT2D eigenvalue weighted by Crippen LogP contribution is 2.27. The molecule has 150 valence electrons. The van der Waals surface area contributed by atoms with Crippen molar-refractivity contribution in [3.63, 3.8) is 0 Å². The van der Waals surface area contributed by atoms with E-state index in [1.165, 1.54) is 18.4 Å². The van der Waals surface area contributed by atoms with Crippen molar-refractivity contribution in [1.29, 1.82) is 0 Å². The van der Waals surface area contributed by atoms with Crippen molar-refractivity contribution in [3.8, 4) is 0 Å². The smallest absolute Gasteiger partial charge is 0.211 e. The van der Waals surface area contributed by atoms with E-state index in [2.05, 4.69) is 5.32 Å². The molecule has 0 unspecified atom stereocenters. The minimum absolute atomic E-state index is 0. The van der Waals surface area contributed by atoms with Crippen molar-refractivity contribution in [2.75, 3.05) is 25.9 Å². The summed E-state index contributed by atoms with van der Waals surface area (Å²) in [5.41, 5.74) is 0.295.